The number of carbonyl (C=O) groups excluding carboxylic acids is 1. The van der Waals surface area contributed by atoms with Gasteiger partial charge in [-0.25, -0.2) is 4.98 Å². The van der Waals surface area contributed by atoms with Crippen LogP contribution in [0.15, 0.2) is 35.1 Å². The monoisotopic (exact) mass is 411 g/mol. The Bertz CT molecular complexity index is 749. The van der Waals surface area contributed by atoms with Crippen LogP contribution in [0.25, 0.3) is 11.3 Å². The highest BCUT2D eigenvalue weighted by Gasteiger charge is 2.40. The number of fused-ring (bicyclic) bond motifs is 2. The van der Waals surface area contributed by atoms with Crippen molar-refractivity contribution in [2.45, 2.75) is 51.1 Å². The van der Waals surface area contributed by atoms with Gasteiger partial charge in [-0.15, -0.1) is 24.8 Å². The third kappa shape index (κ3) is 4.48. The Morgan fingerprint density at radius 1 is 1.15 bits per heavy atom. The summed E-state index contributed by atoms with van der Waals surface area (Å²) in [6.07, 6.45) is 6.91. The molecule has 0 saturated heterocycles. The van der Waals surface area contributed by atoms with Gasteiger partial charge in [-0.05, 0) is 44.4 Å². The summed E-state index contributed by atoms with van der Waals surface area (Å²) in [6.45, 7) is 2.03. The van der Waals surface area contributed by atoms with Gasteiger partial charge in [0.25, 0.3) is 5.91 Å². The smallest absolute Gasteiger partial charge is 0.274 e. The summed E-state index contributed by atoms with van der Waals surface area (Å²) in [5, 5.41) is 3.25. The minimum Gasteiger partial charge on any atom is -0.443 e. The molecule has 0 aliphatic heterocycles. The number of aromatic nitrogens is 1. The molecule has 1 amide bonds. The normalized spacial score (nSPS) is 26.4. The number of hydrogen-bond donors (Lipinski definition) is 2. The van der Waals surface area contributed by atoms with Gasteiger partial charge in [0.2, 0.25) is 0 Å². The highest BCUT2D eigenvalue weighted by molar-refractivity contribution is 5.97. The quantitative estimate of drug-likeness (QED) is 0.795. The maximum atomic E-state index is 12.9. The van der Waals surface area contributed by atoms with Crippen LogP contribution in [0.5, 0.6) is 0 Å². The summed E-state index contributed by atoms with van der Waals surface area (Å²) < 4.78 is 5.52. The maximum Gasteiger partial charge on any atom is 0.274 e. The second-order valence-electron chi connectivity index (χ2n) is 7.58. The molecule has 2 aliphatic rings. The van der Waals surface area contributed by atoms with Gasteiger partial charge in [0.1, 0.15) is 0 Å². The van der Waals surface area contributed by atoms with E-state index in [2.05, 4.69) is 10.3 Å². The van der Waals surface area contributed by atoms with E-state index in [1.165, 1.54) is 18.4 Å². The second kappa shape index (κ2) is 9.09. The number of carbonyl (C=O) groups is 1. The Labute approximate surface area is 172 Å². The average Bonchev–Trinajstić information content (AvgIpc) is 3.06. The number of benzene rings is 1. The van der Waals surface area contributed by atoms with Crippen LogP contribution in [0.3, 0.4) is 0 Å². The van der Waals surface area contributed by atoms with E-state index in [9.17, 15) is 4.79 Å². The topological polar surface area (TPSA) is 81.2 Å². The lowest BCUT2D eigenvalue weighted by Crippen LogP contribution is -2.53. The van der Waals surface area contributed by atoms with Crippen LogP contribution in [0.4, 0.5) is 0 Å². The number of aryl methyl sites for hydroxylation is 1. The van der Waals surface area contributed by atoms with E-state index in [-0.39, 0.29) is 42.8 Å². The van der Waals surface area contributed by atoms with Crippen LogP contribution in [0, 0.1) is 18.8 Å². The Kier molecular flexibility index (Phi) is 7.32. The van der Waals surface area contributed by atoms with Crippen molar-refractivity contribution in [2.24, 2.45) is 17.6 Å². The van der Waals surface area contributed by atoms with Crippen molar-refractivity contribution in [3.63, 3.8) is 0 Å². The Morgan fingerprint density at radius 3 is 2.41 bits per heavy atom. The lowest BCUT2D eigenvalue weighted by Gasteiger charge is -2.45. The molecule has 2 saturated carbocycles. The third-order valence-electron chi connectivity index (χ3n) is 5.77. The highest BCUT2D eigenvalue weighted by atomic mass is 35.5. The minimum atomic E-state index is -0.137. The molecule has 2 atom stereocenters. The Hall–Kier alpha value is -1.56. The third-order valence-corrected chi connectivity index (χ3v) is 5.77. The number of oxazole rings is 1. The molecule has 0 spiro atoms. The average molecular weight is 412 g/mol. The second-order valence-corrected chi connectivity index (χ2v) is 7.58. The molecular formula is C20H27Cl2N3O2. The SMILES string of the molecule is Cc1ccc(-c2ocnc2C(=O)NC2C3CCCC2CC(N)C3)cc1.Cl.Cl. The molecule has 5 nitrogen and oxygen atoms in total. The number of halogens is 2. The molecule has 2 fully saturated rings. The van der Waals surface area contributed by atoms with Gasteiger partial charge in [-0.1, -0.05) is 36.2 Å². The number of amides is 1. The fraction of sp³-hybridized carbons (Fsp3) is 0.500. The van der Waals surface area contributed by atoms with E-state index in [1.807, 2.05) is 31.2 Å². The lowest BCUT2D eigenvalue weighted by molar-refractivity contribution is 0.0752. The molecule has 2 unspecified atom stereocenters. The first-order valence-corrected chi connectivity index (χ1v) is 9.19. The molecule has 2 aliphatic carbocycles. The van der Waals surface area contributed by atoms with E-state index in [1.54, 1.807) is 0 Å². The van der Waals surface area contributed by atoms with E-state index < -0.39 is 0 Å². The van der Waals surface area contributed by atoms with Crippen molar-refractivity contribution in [1.29, 1.82) is 0 Å². The van der Waals surface area contributed by atoms with Crippen molar-refractivity contribution in [3.05, 3.63) is 41.9 Å². The Balaban J connectivity index is 0.00000131. The van der Waals surface area contributed by atoms with Crippen LogP contribution in [-0.4, -0.2) is 23.0 Å². The first kappa shape index (κ1) is 21.7. The molecule has 148 valence electrons. The minimum absolute atomic E-state index is 0. The van der Waals surface area contributed by atoms with Crippen molar-refractivity contribution in [3.8, 4) is 11.3 Å². The van der Waals surface area contributed by atoms with Crippen LogP contribution in [0.1, 0.15) is 48.2 Å². The molecule has 4 rings (SSSR count). The molecule has 27 heavy (non-hydrogen) atoms. The predicted octanol–water partition coefficient (Wildman–Crippen LogP) is 4.13. The fourth-order valence-corrected chi connectivity index (χ4v) is 4.56. The van der Waals surface area contributed by atoms with E-state index >= 15 is 0 Å². The number of nitrogens with zero attached hydrogens (tertiary/aromatic N) is 1. The van der Waals surface area contributed by atoms with Crippen LogP contribution < -0.4 is 11.1 Å². The molecule has 3 N–H and O–H groups in total. The van der Waals surface area contributed by atoms with E-state index in [0.717, 1.165) is 31.2 Å². The molecule has 2 aromatic rings. The molecule has 1 heterocycles. The van der Waals surface area contributed by atoms with Gasteiger partial charge in [0.05, 0.1) is 0 Å². The largest absolute Gasteiger partial charge is 0.443 e. The van der Waals surface area contributed by atoms with Crippen LogP contribution in [-0.2, 0) is 0 Å². The lowest BCUT2D eigenvalue weighted by atomic mass is 9.67. The number of hydrogen-bond acceptors (Lipinski definition) is 4. The summed E-state index contributed by atoms with van der Waals surface area (Å²) >= 11 is 0. The summed E-state index contributed by atoms with van der Waals surface area (Å²) in [6, 6.07) is 8.42. The van der Waals surface area contributed by atoms with Crippen molar-refractivity contribution in [1.82, 2.24) is 10.3 Å². The highest BCUT2D eigenvalue weighted by Crippen LogP contribution is 2.40. The molecule has 0 radical (unpaired) electrons. The standard InChI is InChI=1S/C20H25N3O2.2ClH/c1-12-5-7-13(8-6-12)19-18(22-11-25-19)20(24)23-17-14-3-2-4-15(17)10-16(21)9-14;;/h5-8,11,14-17H,2-4,9-10,21H2,1H3,(H,23,24);2*1H. The number of rotatable bonds is 3. The maximum absolute atomic E-state index is 12.9. The molecular weight excluding hydrogens is 385 g/mol. The van der Waals surface area contributed by atoms with Gasteiger partial charge in [0, 0.05) is 17.6 Å². The molecule has 1 aromatic heterocycles. The summed E-state index contributed by atoms with van der Waals surface area (Å²) in [4.78, 5) is 17.1. The number of nitrogens with one attached hydrogen (secondary N) is 1. The zero-order valence-electron chi connectivity index (χ0n) is 15.4. The molecule has 7 heteroatoms. The first-order valence-electron chi connectivity index (χ1n) is 9.19. The predicted molar refractivity (Wildman–Crippen MR) is 110 cm³/mol. The van der Waals surface area contributed by atoms with E-state index in [0.29, 0.717) is 23.3 Å². The van der Waals surface area contributed by atoms with Crippen molar-refractivity contribution < 1.29 is 9.21 Å². The van der Waals surface area contributed by atoms with E-state index in [4.69, 9.17) is 10.2 Å². The van der Waals surface area contributed by atoms with Gasteiger partial charge < -0.3 is 15.5 Å². The van der Waals surface area contributed by atoms with Gasteiger partial charge >= 0.3 is 0 Å². The zero-order valence-corrected chi connectivity index (χ0v) is 17.0. The summed E-state index contributed by atoms with van der Waals surface area (Å²) in [7, 11) is 0. The van der Waals surface area contributed by atoms with Crippen LogP contribution in [0.2, 0.25) is 0 Å². The molecule has 2 bridgehead atoms. The van der Waals surface area contributed by atoms with Crippen molar-refractivity contribution >= 4 is 30.7 Å². The number of nitrogens with two attached hydrogens (primary N) is 1. The Morgan fingerprint density at radius 2 is 1.78 bits per heavy atom. The van der Waals surface area contributed by atoms with Crippen molar-refractivity contribution in [2.75, 3.05) is 0 Å². The summed E-state index contributed by atoms with van der Waals surface area (Å²) in [5.74, 6) is 1.37. The van der Waals surface area contributed by atoms with Crippen LogP contribution >= 0.6 is 24.8 Å². The molecule has 1 aromatic carbocycles. The fourth-order valence-electron chi connectivity index (χ4n) is 4.56. The van der Waals surface area contributed by atoms with Gasteiger partial charge in [0.15, 0.2) is 17.8 Å². The van der Waals surface area contributed by atoms with Gasteiger partial charge in [-0.2, -0.15) is 0 Å². The zero-order chi connectivity index (χ0) is 17.4. The summed E-state index contributed by atoms with van der Waals surface area (Å²) in [5.41, 5.74) is 8.60. The first-order chi connectivity index (χ1) is 12.1. The van der Waals surface area contributed by atoms with Gasteiger partial charge in [-0.3, -0.25) is 4.79 Å².